The fraction of sp³-hybridized carbons (Fsp3) is 0.438. The van der Waals surface area contributed by atoms with E-state index in [0.29, 0.717) is 11.6 Å². The van der Waals surface area contributed by atoms with Gasteiger partial charge >= 0.3 is 0 Å². The first kappa shape index (κ1) is 16.6. The number of aliphatic imine (C=N–C) groups is 1. The number of carbonyl (C=O) groups excluding carboxylic acids is 1. The third-order valence-corrected chi connectivity index (χ3v) is 4.35. The molecule has 3 rings (SSSR count). The Morgan fingerprint density at radius 1 is 1.25 bits per heavy atom. The Balaban J connectivity index is 1.60. The van der Waals surface area contributed by atoms with Crippen LogP contribution in [0, 0.1) is 0 Å². The van der Waals surface area contributed by atoms with Crippen LogP contribution in [0.2, 0.25) is 5.02 Å². The molecule has 1 aliphatic heterocycles. The molecule has 1 aliphatic rings. The zero-order valence-electron chi connectivity index (χ0n) is 13.9. The molecule has 0 atom stereocenters. The number of fused-ring (bicyclic) bond motifs is 1. The van der Waals surface area contributed by atoms with Gasteiger partial charge in [-0.2, -0.15) is 0 Å². The van der Waals surface area contributed by atoms with Gasteiger partial charge in [-0.25, -0.2) is 4.98 Å². The Hall–Kier alpha value is -2.28. The summed E-state index contributed by atoms with van der Waals surface area (Å²) in [6.07, 6.45) is 3.79. The number of pyridine rings is 1. The summed E-state index contributed by atoms with van der Waals surface area (Å²) in [6, 6.07) is 3.72. The van der Waals surface area contributed by atoms with Crippen molar-refractivity contribution in [1.29, 1.82) is 0 Å². The van der Waals surface area contributed by atoms with E-state index in [9.17, 15) is 4.79 Å². The first-order chi connectivity index (χ1) is 11.6. The molecule has 0 aromatic carbocycles. The first-order valence-electron chi connectivity index (χ1n) is 7.91. The lowest BCUT2D eigenvalue weighted by Crippen LogP contribution is -2.53. The van der Waals surface area contributed by atoms with Crippen molar-refractivity contribution < 1.29 is 4.79 Å². The summed E-state index contributed by atoms with van der Waals surface area (Å²) >= 11 is 6.00. The van der Waals surface area contributed by atoms with Crippen molar-refractivity contribution in [3.63, 3.8) is 0 Å². The Labute approximate surface area is 145 Å². The maximum atomic E-state index is 11.4. The summed E-state index contributed by atoms with van der Waals surface area (Å²) in [6.45, 7) is 5.20. The minimum atomic E-state index is 0.126. The molecule has 1 saturated heterocycles. The summed E-state index contributed by atoms with van der Waals surface area (Å²) in [7, 11) is 1.77. The van der Waals surface area contributed by atoms with Crippen LogP contribution in [0.5, 0.6) is 0 Å². The van der Waals surface area contributed by atoms with Gasteiger partial charge in [-0.3, -0.25) is 9.79 Å². The maximum absolute atomic E-state index is 11.4. The van der Waals surface area contributed by atoms with Crippen LogP contribution in [0.4, 0.5) is 0 Å². The average Bonchev–Trinajstić information content (AvgIpc) is 2.97. The Bertz CT molecular complexity index is 763. The molecule has 0 bridgehead atoms. The predicted molar refractivity (Wildman–Crippen MR) is 94.2 cm³/mol. The number of halogens is 1. The predicted octanol–water partition coefficient (Wildman–Crippen LogP) is 1.23. The van der Waals surface area contributed by atoms with Crippen LogP contribution in [0.3, 0.4) is 0 Å². The highest BCUT2D eigenvalue weighted by Gasteiger charge is 2.20. The van der Waals surface area contributed by atoms with Crippen molar-refractivity contribution in [2.24, 2.45) is 4.99 Å². The second-order valence-corrected chi connectivity index (χ2v) is 6.18. The number of nitrogens with zero attached hydrogens (tertiary/aromatic N) is 5. The number of nitrogens with one attached hydrogen (secondary N) is 1. The number of imidazole rings is 1. The van der Waals surface area contributed by atoms with Crippen LogP contribution in [0.25, 0.3) is 5.65 Å². The highest BCUT2D eigenvalue weighted by atomic mass is 35.5. The number of hydrogen-bond acceptors (Lipinski definition) is 3. The molecule has 2 aromatic rings. The second-order valence-electron chi connectivity index (χ2n) is 5.74. The van der Waals surface area contributed by atoms with Gasteiger partial charge in [0.1, 0.15) is 5.65 Å². The van der Waals surface area contributed by atoms with Gasteiger partial charge in [0.25, 0.3) is 0 Å². The number of hydrogen-bond donors (Lipinski definition) is 1. The molecule has 0 unspecified atom stereocenters. The molecule has 3 heterocycles. The third-order valence-electron chi connectivity index (χ3n) is 4.13. The molecular weight excluding hydrogens is 328 g/mol. The fourth-order valence-corrected chi connectivity index (χ4v) is 3.01. The highest BCUT2D eigenvalue weighted by molar-refractivity contribution is 6.30. The molecule has 1 N–H and O–H groups in total. The average molecular weight is 349 g/mol. The minimum Gasteiger partial charge on any atom is -0.351 e. The van der Waals surface area contributed by atoms with Crippen molar-refractivity contribution in [2.45, 2.75) is 13.5 Å². The van der Waals surface area contributed by atoms with Crippen LogP contribution in [0.1, 0.15) is 12.6 Å². The van der Waals surface area contributed by atoms with Crippen LogP contribution in [-0.4, -0.2) is 64.3 Å². The molecule has 1 amide bonds. The summed E-state index contributed by atoms with van der Waals surface area (Å²) in [5.41, 5.74) is 1.78. The van der Waals surface area contributed by atoms with E-state index in [1.807, 2.05) is 33.8 Å². The molecule has 24 heavy (non-hydrogen) atoms. The number of piperazine rings is 1. The van der Waals surface area contributed by atoms with Gasteiger partial charge in [0, 0.05) is 52.5 Å². The zero-order valence-corrected chi connectivity index (χ0v) is 14.6. The molecule has 1 fully saturated rings. The zero-order chi connectivity index (χ0) is 17.1. The van der Waals surface area contributed by atoms with Crippen molar-refractivity contribution >= 4 is 29.1 Å². The Morgan fingerprint density at radius 3 is 2.62 bits per heavy atom. The van der Waals surface area contributed by atoms with Gasteiger partial charge in [-0.15, -0.1) is 0 Å². The number of rotatable bonds is 2. The van der Waals surface area contributed by atoms with E-state index >= 15 is 0 Å². The van der Waals surface area contributed by atoms with Crippen LogP contribution < -0.4 is 5.32 Å². The van der Waals surface area contributed by atoms with Gasteiger partial charge in [0.2, 0.25) is 5.91 Å². The van der Waals surface area contributed by atoms with E-state index in [1.54, 1.807) is 14.0 Å². The van der Waals surface area contributed by atoms with Gasteiger partial charge in [0.05, 0.1) is 17.3 Å². The van der Waals surface area contributed by atoms with Gasteiger partial charge in [-0.05, 0) is 12.1 Å². The summed E-state index contributed by atoms with van der Waals surface area (Å²) < 4.78 is 1.91. The quantitative estimate of drug-likeness (QED) is 0.655. The first-order valence-corrected chi connectivity index (χ1v) is 8.29. The normalized spacial score (nSPS) is 15.9. The third kappa shape index (κ3) is 3.62. The highest BCUT2D eigenvalue weighted by Crippen LogP contribution is 2.12. The van der Waals surface area contributed by atoms with Crippen molar-refractivity contribution in [2.75, 3.05) is 33.2 Å². The van der Waals surface area contributed by atoms with Crippen molar-refractivity contribution in [1.82, 2.24) is 24.5 Å². The monoisotopic (exact) mass is 348 g/mol. The van der Waals surface area contributed by atoms with Crippen LogP contribution in [0.15, 0.2) is 29.5 Å². The number of aromatic nitrogens is 2. The van der Waals surface area contributed by atoms with Crippen LogP contribution >= 0.6 is 11.6 Å². The molecule has 0 saturated carbocycles. The van der Waals surface area contributed by atoms with Crippen molar-refractivity contribution in [3.05, 3.63) is 35.2 Å². The van der Waals surface area contributed by atoms with Gasteiger partial charge in [0.15, 0.2) is 5.96 Å². The lowest BCUT2D eigenvalue weighted by molar-refractivity contribution is -0.130. The van der Waals surface area contributed by atoms with Gasteiger partial charge in [-0.1, -0.05) is 11.6 Å². The minimum absolute atomic E-state index is 0.126. The Kier molecular flexibility index (Phi) is 4.89. The van der Waals surface area contributed by atoms with E-state index < -0.39 is 0 Å². The molecule has 128 valence electrons. The number of amides is 1. The maximum Gasteiger partial charge on any atom is 0.219 e. The van der Waals surface area contributed by atoms with Gasteiger partial charge < -0.3 is 19.5 Å². The molecule has 0 radical (unpaired) electrons. The molecule has 0 spiro atoms. The summed E-state index contributed by atoms with van der Waals surface area (Å²) in [5, 5.41) is 4.02. The van der Waals surface area contributed by atoms with E-state index in [-0.39, 0.29) is 5.91 Å². The number of carbonyl (C=O) groups is 1. The number of guanidine groups is 1. The smallest absolute Gasteiger partial charge is 0.219 e. The fourth-order valence-electron chi connectivity index (χ4n) is 2.84. The Morgan fingerprint density at radius 2 is 1.96 bits per heavy atom. The molecule has 0 aliphatic carbocycles. The topological polar surface area (TPSA) is 65.2 Å². The largest absolute Gasteiger partial charge is 0.351 e. The molecule has 8 heteroatoms. The second kappa shape index (κ2) is 7.09. The SMILES string of the molecule is CN=C(NCc1cn2cc(Cl)ccc2n1)N1CCN(C(C)=O)CC1. The summed E-state index contributed by atoms with van der Waals surface area (Å²) in [4.78, 5) is 24.3. The van der Waals surface area contributed by atoms with E-state index in [4.69, 9.17) is 11.6 Å². The van der Waals surface area contributed by atoms with E-state index in [0.717, 1.165) is 43.5 Å². The lowest BCUT2D eigenvalue weighted by atomic mass is 10.3. The lowest BCUT2D eigenvalue weighted by Gasteiger charge is -2.36. The van der Waals surface area contributed by atoms with Crippen LogP contribution in [-0.2, 0) is 11.3 Å². The summed E-state index contributed by atoms with van der Waals surface area (Å²) in [5.74, 6) is 0.953. The molecule has 2 aromatic heterocycles. The molecule has 7 nitrogen and oxygen atoms in total. The van der Waals surface area contributed by atoms with E-state index in [2.05, 4.69) is 20.2 Å². The molecular formula is C16H21ClN6O. The van der Waals surface area contributed by atoms with Crippen molar-refractivity contribution in [3.8, 4) is 0 Å². The van der Waals surface area contributed by atoms with E-state index in [1.165, 1.54) is 0 Å². The standard InChI is InChI=1S/C16H21ClN6O/c1-12(24)21-5-7-22(8-6-21)16(18-2)19-9-14-11-23-10-13(17)3-4-15(23)20-14/h3-4,10-11H,5-9H2,1-2H3,(H,18,19).